The first kappa shape index (κ1) is 23.3. The minimum atomic E-state index is -0.489. The Morgan fingerprint density at radius 3 is 2.52 bits per heavy atom. The Morgan fingerprint density at radius 2 is 1.76 bits per heavy atom. The summed E-state index contributed by atoms with van der Waals surface area (Å²) in [6, 6.07) is 19.2. The second-order valence-electron chi connectivity index (χ2n) is 7.29. The van der Waals surface area contributed by atoms with E-state index in [-0.39, 0.29) is 5.70 Å². The standard InChI is InChI=1S/C26H21Br2NO4/c1-3-31-23-14-17(12-21(28)24(23)32-15-18-9-5-7-11-20(18)27)13-22-26(30)33-25(29-22)19-10-6-4-8-16(19)2/h4-14H,3,15H2,1-2H3/b22-13-. The predicted octanol–water partition coefficient (Wildman–Crippen LogP) is 6.84. The van der Waals surface area contributed by atoms with Crippen molar-refractivity contribution in [2.45, 2.75) is 20.5 Å². The van der Waals surface area contributed by atoms with Gasteiger partial charge in [0.1, 0.15) is 6.61 Å². The van der Waals surface area contributed by atoms with Crippen molar-refractivity contribution < 1.29 is 19.0 Å². The minimum Gasteiger partial charge on any atom is -0.490 e. The Morgan fingerprint density at radius 1 is 1.00 bits per heavy atom. The highest BCUT2D eigenvalue weighted by Crippen LogP contribution is 2.38. The Hall–Kier alpha value is -2.90. The molecule has 0 bridgehead atoms. The fourth-order valence-electron chi connectivity index (χ4n) is 3.33. The van der Waals surface area contributed by atoms with E-state index in [0.717, 1.165) is 26.7 Å². The van der Waals surface area contributed by atoms with E-state index in [1.54, 1.807) is 6.08 Å². The summed E-state index contributed by atoms with van der Waals surface area (Å²) in [5.41, 5.74) is 3.76. The van der Waals surface area contributed by atoms with Crippen molar-refractivity contribution in [2.24, 2.45) is 4.99 Å². The Bertz CT molecular complexity index is 1270. The Balaban J connectivity index is 1.63. The van der Waals surface area contributed by atoms with Crippen molar-refractivity contribution in [3.05, 3.63) is 97.6 Å². The molecular formula is C26H21Br2NO4. The van der Waals surface area contributed by atoms with Crippen LogP contribution in [-0.4, -0.2) is 18.5 Å². The van der Waals surface area contributed by atoms with Crippen LogP contribution in [0.2, 0.25) is 0 Å². The van der Waals surface area contributed by atoms with E-state index in [2.05, 4.69) is 36.9 Å². The van der Waals surface area contributed by atoms with Gasteiger partial charge in [-0.1, -0.05) is 52.3 Å². The summed E-state index contributed by atoms with van der Waals surface area (Å²) in [6.07, 6.45) is 1.68. The Labute approximate surface area is 209 Å². The molecule has 1 aliphatic heterocycles. The van der Waals surface area contributed by atoms with Gasteiger partial charge in [-0.15, -0.1) is 0 Å². The number of cyclic esters (lactones) is 1. The van der Waals surface area contributed by atoms with Crippen LogP contribution in [0.25, 0.3) is 6.08 Å². The van der Waals surface area contributed by atoms with Crippen LogP contribution in [0.4, 0.5) is 0 Å². The highest BCUT2D eigenvalue weighted by atomic mass is 79.9. The minimum absolute atomic E-state index is 0.226. The van der Waals surface area contributed by atoms with Gasteiger partial charge >= 0.3 is 5.97 Å². The second-order valence-corrected chi connectivity index (χ2v) is 9.00. The summed E-state index contributed by atoms with van der Waals surface area (Å²) in [4.78, 5) is 16.9. The topological polar surface area (TPSA) is 57.1 Å². The van der Waals surface area contributed by atoms with Gasteiger partial charge in [0.15, 0.2) is 17.2 Å². The fraction of sp³-hybridized carbons (Fsp3) is 0.154. The van der Waals surface area contributed by atoms with Gasteiger partial charge in [-0.25, -0.2) is 9.79 Å². The number of carbonyl (C=O) groups is 1. The Kier molecular flexibility index (Phi) is 7.30. The number of esters is 1. The zero-order chi connectivity index (χ0) is 23.4. The van der Waals surface area contributed by atoms with E-state index in [4.69, 9.17) is 14.2 Å². The molecule has 7 heteroatoms. The molecule has 0 N–H and O–H groups in total. The zero-order valence-corrected chi connectivity index (χ0v) is 21.3. The van der Waals surface area contributed by atoms with Gasteiger partial charge in [-0.05, 0) is 71.2 Å². The predicted molar refractivity (Wildman–Crippen MR) is 136 cm³/mol. The molecule has 1 aliphatic rings. The van der Waals surface area contributed by atoms with Crippen molar-refractivity contribution in [3.63, 3.8) is 0 Å². The molecule has 0 fully saturated rings. The maximum Gasteiger partial charge on any atom is 0.363 e. The normalized spacial score (nSPS) is 14.2. The molecule has 3 aromatic rings. The van der Waals surface area contributed by atoms with E-state index >= 15 is 0 Å². The summed E-state index contributed by atoms with van der Waals surface area (Å²) in [5, 5.41) is 0. The van der Waals surface area contributed by atoms with E-state index < -0.39 is 5.97 Å². The van der Waals surface area contributed by atoms with Crippen molar-refractivity contribution in [1.29, 1.82) is 0 Å². The van der Waals surface area contributed by atoms with Crippen LogP contribution in [0.15, 0.2) is 80.3 Å². The maximum atomic E-state index is 12.5. The lowest BCUT2D eigenvalue weighted by molar-refractivity contribution is -0.129. The number of ether oxygens (including phenoxy) is 3. The maximum absolute atomic E-state index is 12.5. The highest BCUT2D eigenvalue weighted by Gasteiger charge is 2.25. The van der Waals surface area contributed by atoms with E-state index in [0.29, 0.717) is 35.1 Å². The summed E-state index contributed by atoms with van der Waals surface area (Å²) in [6.45, 7) is 4.70. The first-order valence-corrected chi connectivity index (χ1v) is 12.0. The molecule has 168 valence electrons. The number of halogens is 2. The molecule has 1 heterocycles. The number of nitrogens with zero attached hydrogens (tertiary/aromatic N) is 1. The molecule has 0 radical (unpaired) electrons. The van der Waals surface area contributed by atoms with Crippen molar-refractivity contribution in [1.82, 2.24) is 0 Å². The summed E-state index contributed by atoms with van der Waals surface area (Å²) >= 11 is 7.13. The molecule has 0 atom stereocenters. The van der Waals surface area contributed by atoms with Gasteiger partial charge in [0, 0.05) is 15.6 Å². The second kappa shape index (κ2) is 10.4. The van der Waals surface area contributed by atoms with Crippen LogP contribution in [0, 0.1) is 6.92 Å². The van der Waals surface area contributed by atoms with Crippen LogP contribution >= 0.6 is 31.9 Å². The molecule has 0 saturated heterocycles. The third kappa shape index (κ3) is 5.37. The van der Waals surface area contributed by atoms with Crippen LogP contribution in [0.5, 0.6) is 11.5 Å². The van der Waals surface area contributed by atoms with E-state index in [9.17, 15) is 4.79 Å². The SMILES string of the molecule is CCOc1cc(/C=C2\N=C(c3ccccc3C)OC2=O)cc(Br)c1OCc1ccccc1Br. The summed E-state index contributed by atoms with van der Waals surface area (Å²) in [7, 11) is 0. The average Bonchev–Trinajstić information content (AvgIpc) is 3.14. The molecule has 0 amide bonds. The first-order valence-electron chi connectivity index (χ1n) is 10.4. The lowest BCUT2D eigenvalue weighted by Gasteiger charge is -2.15. The van der Waals surface area contributed by atoms with Gasteiger partial charge in [0.25, 0.3) is 0 Å². The van der Waals surface area contributed by atoms with Crippen LogP contribution in [0.1, 0.15) is 29.2 Å². The van der Waals surface area contributed by atoms with E-state index in [1.165, 1.54) is 0 Å². The molecule has 4 rings (SSSR count). The molecule has 33 heavy (non-hydrogen) atoms. The van der Waals surface area contributed by atoms with Gasteiger partial charge in [-0.2, -0.15) is 0 Å². The van der Waals surface area contributed by atoms with Gasteiger partial charge < -0.3 is 14.2 Å². The molecule has 3 aromatic carbocycles. The van der Waals surface area contributed by atoms with Gasteiger partial charge in [-0.3, -0.25) is 0 Å². The third-order valence-corrected chi connectivity index (χ3v) is 6.32. The van der Waals surface area contributed by atoms with E-state index in [1.807, 2.05) is 74.5 Å². The molecule has 0 spiro atoms. The first-order chi connectivity index (χ1) is 16.0. The molecule has 0 saturated carbocycles. The molecule has 5 nitrogen and oxygen atoms in total. The monoisotopic (exact) mass is 569 g/mol. The molecular weight excluding hydrogens is 550 g/mol. The fourth-order valence-corrected chi connectivity index (χ4v) is 4.31. The largest absolute Gasteiger partial charge is 0.490 e. The number of hydrogen-bond acceptors (Lipinski definition) is 5. The summed E-state index contributed by atoms with van der Waals surface area (Å²) < 4.78 is 19.0. The van der Waals surface area contributed by atoms with Crippen molar-refractivity contribution >= 4 is 49.8 Å². The lowest BCUT2D eigenvalue weighted by Crippen LogP contribution is -2.06. The molecule has 0 aromatic heterocycles. The van der Waals surface area contributed by atoms with Crippen LogP contribution in [-0.2, 0) is 16.1 Å². The number of rotatable bonds is 7. The smallest absolute Gasteiger partial charge is 0.363 e. The van der Waals surface area contributed by atoms with Gasteiger partial charge in [0.05, 0.1) is 11.1 Å². The lowest BCUT2D eigenvalue weighted by atomic mass is 10.1. The molecule has 0 aliphatic carbocycles. The average molecular weight is 571 g/mol. The number of aliphatic imine (C=N–C) groups is 1. The quantitative estimate of drug-likeness (QED) is 0.230. The number of benzene rings is 3. The zero-order valence-electron chi connectivity index (χ0n) is 18.1. The number of carbonyl (C=O) groups excluding carboxylic acids is 1. The number of aryl methyl sites for hydroxylation is 1. The van der Waals surface area contributed by atoms with Gasteiger partial charge in [0.2, 0.25) is 5.90 Å². The van der Waals surface area contributed by atoms with Crippen LogP contribution in [0.3, 0.4) is 0 Å². The number of hydrogen-bond donors (Lipinski definition) is 0. The highest BCUT2D eigenvalue weighted by molar-refractivity contribution is 9.10. The molecule has 0 unspecified atom stereocenters. The third-order valence-electron chi connectivity index (χ3n) is 4.96. The van der Waals surface area contributed by atoms with Crippen molar-refractivity contribution in [2.75, 3.05) is 6.61 Å². The van der Waals surface area contributed by atoms with Crippen LogP contribution < -0.4 is 9.47 Å². The summed E-state index contributed by atoms with van der Waals surface area (Å²) in [5.74, 6) is 0.978. The van der Waals surface area contributed by atoms with Crippen molar-refractivity contribution in [3.8, 4) is 11.5 Å².